The first-order chi connectivity index (χ1) is 10.1. The number of nitrogens with zero attached hydrogens (tertiary/aromatic N) is 2. The number of benzene rings is 1. The summed E-state index contributed by atoms with van der Waals surface area (Å²) in [6, 6.07) is 6.96. The van der Waals surface area contributed by atoms with Gasteiger partial charge in [0, 0.05) is 10.0 Å². The molecule has 1 atom stereocenters. The molecule has 0 aliphatic carbocycles. The van der Waals surface area contributed by atoms with Crippen molar-refractivity contribution in [3.63, 3.8) is 0 Å². The van der Waals surface area contributed by atoms with Gasteiger partial charge in [0.2, 0.25) is 11.7 Å². The second-order valence-corrected chi connectivity index (χ2v) is 5.50. The standard InChI is InChI=1S/C14H16BrN3O3.ClH/c1-2-4-11(14(19)20)16-8-12-17-13(18-21-12)9-5-3-6-10(15)7-9;/h3,5-7,11,16H,2,4,8H2,1H3,(H,19,20);1H. The summed E-state index contributed by atoms with van der Waals surface area (Å²) in [6.07, 6.45) is 1.35. The summed E-state index contributed by atoms with van der Waals surface area (Å²) in [7, 11) is 0. The number of hydrogen-bond donors (Lipinski definition) is 2. The molecule has 6 nitrogen and oxygen atoms in total. The summed E-state index contributed by atoms with van der Waals surface area (Å²) < 4.78 is 6.06. The maximum Gasteiger partial charge on any atom is 0.320 e. The molecule has 0 bridgehead atoms. The molecule has 0 spiro atoms. The number of rotatable bonds is 7. The van der Waals surface area contributed by atoms with Gasteiger partial charge in [-0.15, -0.1) is 12.4 Å². The van der Waals surface area contributed by atoms with Crippen LogP contribution in [0.3, 0.4) is 0 Å². The smallest absolute Gasteiger partial charge is 0.320 e. The van der Waals surface area contributed by atoms with E-state index in [0.717, 1.165) is 16.5 Å². The third-order valence-corrected chi connectivity index (χ3v) is 3.42. The second-order valence-electron chi connectivity index (χ2n) is 4.58. The highest BCUT2D eigenvalue weighted by Crippen LogP contribution is 2.20. The van der Waals surface area contributed by atoms with Crippen molar-refractivity contribution in [2.75, 3.05) is 0 Å². The van der Waals surface area contributed by atoms with Crippen LogP contribution >= 0.6 is 28.3 Å². The quantitative estimate of drug-likeness (QED) is 0.754. The normalized spacial score (nSPS) is 11.7. The Hall–Kier alpha value is -1.44. The SMILES string of the molecule is CCCC(NCc1nc(-c2cccc(Br)c2)no1)C(=O)O.Cl. The number of carboxylic acid groups (broad SMARTS) is 1. The van der Waals surface area contributed by atoms with Gasteiger partial charge >= 0.3 is 5.97 Å². The average molecular weight is 391 g/mol. The van der Waals surface area contributed by atoms with Crippen LogP contribution in [-0.4, -0.2) is 27.3 Å². The van der Waals surface area contributed by atoms with Gasteiger partial charge in [0.15, 0.2) is 0 Å². The molecule has 0 saturated carbocycles. The Morgan fingerprint density at radius 3 is 2.91 bits per heavy atom. The van der Waals surface area contributed by atoms with E-state index in [-0.39, 0.29) is 19.0 Å². The first-order valence-electron chi connectivity index (χ1n) is 6.65. The molecular formula is C14H17BrClN3O3. The number of halogens is 2. The molecule has 22 heavy (non-hydrogen) atoms. The first-order valence-corrected chi connectivity index (χ1v) is 7.44. The molecule has 0 aliphatic rings. The lowest BCUT2D eigenvalue weighted by Gasteiger charge is -2.11. The van der Waals surface area contributed by atoms with Crippen molar-refractivity contribution in [2.45, 2.75) is 32.4 Å². The maximum atomic E-state index is 11.0. The van der Waals surface area contributed by atoms with E-state index in [2.05, 4.69) is 31.4 Å². The molecule has 0 aliphatic heterocycles. The molecule has 0 radical (unpaired) electrons. The largest absolute Gasteiger partial charge is 0.480 e. The lowest BCUT2D eigenvalue weighted by molar-refractivity contribution is -0.139. The van der Waals surface area contributed by atoms with E-state index in [1.165, 1.54) is 0 Å². The number of aromatic nitrogens is 2. The lowest BCUT2D eigenvalue weighted by Crippen LogP contribution is -2.36. The fourth-order valence-electron chi connectivity index (χ4n) is 1.88. The van der Waals surface area contributed by atoms with Crippen molar-refractivity contribution in [1.29, 1.82) is 0 Å². The number of hydrogen-bond acceptors (Lipinski definition) is 5. The molecule has 0 amide bonds. The number of nitrogens with one attached hydrogen (secondary N) is 1. The van der Waals surface area contributed by atoms with Gasteiger partial charge in [-0.05, 0) is 18.6 Å². The molecule has 0 fully saturated rings. The molecule has 1 aromatic heterocycles. The summed E-state index contributed by atoms with van der Waals surface area (Å²) in [5.74, 6) is -0.0219. The van der Waals surface area contributed by atoms with Crippen LogP contribution in [0, 0.1) is 0 Å². The first kappa shape index (κ1) is 18.6. The minimum Gasteiger partial charge on any atom is -0.480 e. The summed E-state index contributed by atoms with van der Waals surface area (Å²) >= 11 is 3.39. The molecule has 1 heterocycles. The van der Waals surface area contributed by atoms with E-state index in [0.29, 0.717) is 18.1 Å². The molecule has 0 saturated heterocycles. The van der Waals surface area contributed by atoms with E-state index in [4.69, 9.17) is 9.63 Å². The van der Waals surface area contributed by atoms with Crippen LogP contribution in [0.1, 0.15) is 25.7 Å². The molecule has 1 aromatic carbocycles. The van der Waals surface area contributed by atoms with Crippen LogP contribution in [0.5, 0.6) is 0 Å². The molecule has 120 valence electrons. The number of aliphatic carboxylic acids is 1. The van der Waals surface area contributed by atoms with E-state index in [1.54, 1.807) is 0 Å². The van der Waals surface area contributed by atoms with E-state index in [1.807, 2.05) is 31.2 Å². The van der Waals surface area contributed by atoms with Crippen molar-refractivity contribution in [2.24, 2.45) is 0 Å². The minimum absolute atomic E-state index is 0. The van der Waals surface area contributed by atoms with Crippen molar-refractivity contribution in [3.05, 3.63) is 34.6 Å². The van der Waals surface area contributed by atoms with Crippen LogP contribution in [0.25, 0.3) is 11.4 Å². The third kappa shape index (κ3) is 5.08. The Bertz CT molecular complexity index is 621. The number of carbonyl (C=O) groups is 1. The maximum absolute atomic E-state index is 11.0. The van der Waals surface area contributed by atoms with Gasteiger partial charge < -0.3 is 9.63 Å². The highest BCUT2D eigenvalue weighted by molar-refractivity contribution is 9.10. The van der Waals surface area contributed by atoms with Gasteiger partial charge in [0.05, 0.1) is 6.54 Å². The molecule has 1 unspecified atom stereocenters. The van der Waals surface area contributed by atoms with E-state index >= 15 is 0 Å². The molecule has 2 aromatic rings. The Kier molecular flexibility index (Phi) is 7.50. The number of carboxylic acids is 1. The summed E-state index contributed by atoms with van der Waals surface area (Å²) in [4.78, 5) is 15.3. The predicted molar refractivity (Wildman–Crippen MR) is 87.9 cm³/mol. The van der Waals surface area contributed by atoms with Crippen molar-refractivity contribution < 1.29 is 14.4 Å². The van der Waals surface area contributed by atoms with Crippen LogP contribution in [0.15, 0.2) is 33.3 Å². The van der Waals surface area contributed by atoms with Gasteiger partial charge in [-0.25, -0.2) is 0 Å². The van der Waals surface area contributed by atoms with Crippen LogP contribution in [-0.2, 0) is 11.3 Å². The molecular weight excluding hydrogens is 374 g/mol. The van der Waals surface area contributed by atoms with Gasteiger partial charge in [-0.2, -0.15) is 4.98 Å². The van der Waals surface area contributed by atoms with Gasteiger partial charge in [-0.3, -0.25) is 10.1 Å². The molecule has 2 rings (SSSR count). The van der Waals surface area contributed by atoms with E-state index < -0.39 is 12.0 Å². The highest BCUT2D eigenvalue weighted by Gasteiger charge is 2.17. The monoisotopic (exact) mass is 389 g/mol. The Morgan fingerprint density at radius 2 is 2.27 bits per heavy atom. The summed E-state index contributed by atoms with van der Waals surface area (Å²) in [5, 5.41) is 15.9. The zero-order valence-corrected chi connectivity index (χ0v) is 14.4. The fourth-order valence-corrected chi connectivity index (χ4v) is 2.28. The van der Waals surface area contributed by atoms with Gasteiger partial charge in [-0.1, -0.05) is 46.6 Å². The lowest BCUT2D eigenvalue weighted by atomic mass is 10.2. The van der Waals surface area contributed by atoms with E-state index in [9.17, 15) is 4.79 Å². The average Bonchev–Trinajstić information content (AvgIpc) is 2.92. The topological polar surface area (TPSA) is 88.3 Å². The summed E-state index contributed by atoms with van der Waals surface area (Å²) in [5.41, 5.74) is 0.836. The Morgan fingerprint density at radius 1 is 1.50 bits per heavy atom. The Balaban J connectivity index is 0.00000242. The Labute approximate surface area is 142 Å². The summed E-state index contributed by atoms with van der Waals surface area (Å²) in [6.45, 7) is 2.17. The van der Waals surface area contributed by atoms with Gasteiger partial charge in [0.1, 0.15) is 6.04 Å². The predicted octanol–water partition coefficient (Wildman–Crippen LogP) is 3.26. The zero-order valence-electron chi connectivity index (χ0n) is 12.0. The fraction of sp³-hybridized carbons (Fsp3) is 0.357. The van der Waals surface area contributed by atoms with Crippen LogP contribution < -0.4 is 5.32 Å². The van der Waals surface area contributed by atoms with Crippen molar-refractivity contribution in [1.82, 2.24) is 15.5 Å². The molecule has 2 N–H and O–H groups in total. The zero-order chi connectivity index (χ0) is 15.2. The second kappa shape index (κ2) is 8.87. The van der Waals surface area contributed by atoms with Crippen LogP contribution in [0.2, 0.25) is 0 Å². The van der Waals surface area contributed by atoms with Gasteiger partial charge in [0.25, 0.3) is 0 Å². The highest BCUT2D eigenvalue weighted by atomic mass is 79.9. The minimum atomic E-state index is -0.872. The van der Waals surface area contributed by atoms with Crippen LogP contribution in [0.4, 0.5) is 0 Å². The third-order valence-electron chi connectivity index (χ3n) is 2.93. The van der Waals surface area contributed by atoms with Crippen molar-refractivity contribution >= 4 is 34.3 Å². The van der Waals surface area contributed by atoms with Crippen molar-refractivity contribution in [3.8, 4) is 11.4 Å². The molecule has 8 heteroatoms.